The molecule has 0 atom stereocenters. The predicted octanol–water partition coefficient (Wildman–Crippen LogP) is 2.91. The summed E-state index contributed by atoms with van der Waals surface area (Å²) in [4.78, 5) is 18.8. The number of nitrogens with zero attached hydrogens (tertiary/aromatic N) is 2. The molecule has 158 valence electrons. The van der Waals surface area contributed by atoms with Crippen molar-refractivity contribution in [2.75, 3.05) is 31.1 Å². The van der Waals surface area contributed by atoms with Crippen molar-refractivity contribution >= 4 is 17.6 Å². The standard InChI is InChI=1S/C24H30N4O2/c1-2-25-24(28-16-14-19-5-3-4-6-22(19)28)26-15-13-18-7-11-21(12-8-18)30-17-23(29)27-20-9-10-20/h3-8,11-12,20H,2,9-10,13-17H2,1H3,(H,25,26)(H,27,29). The van der Waals surface area contributed by atoms with Crippen LogP contribution < -0.4 is 20.3 Å². The van der Waals surface area contributed by atoms with Gasteiger partial charge in [0.1, 0.15) is 5.75 Å². The molecule has 2 aromatic carbocycles. The lowest BCUT2D eigenvalue weighted by Crippen LogP contribution is -2.40. The molecule has 0 aromatic heterocycles. The van der Waals surface area contributed by atoms with E-state index in [0.29, 0.717) is 12.6 Å². The average molecular weight is 407 g/mol. The molecule has 0 bridgehead atoms. The van der Waals surface area contributed by atoms with E-state index in [0.717, 1.165) is 50.5 Å². The van der Waals surface area contributed by atoms with Crippen LogP contribution in [0.1, 0.15) is 30.9 Å². The lowest BCUT2D eigenvalue weighted by Gasteiger charge is -2.22. The lowest BCUT2D eigenvalue weighted by atomic mass is 10.1. The average Bonchev–Trinajstić information content (AvgIpc) is 3.47. The van der Waals surface area contributed by atoms with Crippen molar-refractivity contribution in [3.63, 3.8) is 0 Å². The van der Waals surface area contributed by atoms with Crippen molar-refractivity contribution in [3.05, 3.63) is 59.7 Å². The quantitative estimate of drug-likeness (QED) is 0.523. The Kier molecular flexibility index (Phi) is 6.52. The normalized spacial score (nSPS) is 15.6. The first-order chi connectivity index (χ1) is 14.7. The Morgan fingerprint density at radius 1 is 1.17 bits per heavy atom. The second-order valence-electron chi connectivity index (χ2n) is 7.79. The third-order valence-electron chi connectivity index (χ3n) is 5.38. The van der Waals surface area contributed by atoms with Gasteiger partial charge in [-0.1, -0.05) is 30.3 Å². The monoisotopic (exact) mass is 406 g/mol. The zero-order valence-corrected chi connectivity index (χ0v) is 17.6. The van der Waals surface area contributed by atoms with E-state index in [1.165, 1.54) is 16.8 Å². The van der Waals surface area contributed by atoms with Crippen LogP contribution in [0, 0.1) is 0 Å². The predicted molar refractivity (Wildman–Crippen MR) is 120 cm³/mol. The molecule has 2 aliphatic rings. The molecule has 1 amide bonds. The second kappa shape index (κ2) is 9.65. The minimum atomic E-state index is -0.0460. The molecule has 1 saturated carbocycles. The molecular formula is C24H30N4O2. The zero-order chi connectivity index (χ0) is 20.8. The van der Waals surface area contributed by atoms with E-state index in [9.17, 15) is 4.79 Å². The topological polar surface area (TPSA) is 66.0 Å². The van der Waals surface area contributed by atoms with E-state index in [2.05, 4.69) is 46.7 Å². The molecule has 1 fully saturated rings. The highest BCUT2D eigenvalue weighted by Crippen LogP contribution is 2.27. The molecule has 1 heterocycles. The second-order valence-corrected chi connectivity index (χ2v) is 7.79. The van der Waals surface area contributed by atoms with Crippen molar-refractivity contribution in [1.82, 2.24) is 10.6 Å². The van der Waals surface area contributed by atoms with E-state index in [4.69, 9.17) is 9.73 Å². The summed E-state index contributed by atoms with van der Waals surface area (Å²) in [7, 11) is 0. The van der Waals surface area contributed by atoms with Crippen LogP contribution in [0.15, 0.2) is 53.5 Å². The van der Waals surface area contributed by atoms with Gasteiger partial charge in [0.2, 0.25) is 0 Å². The molecule has 0 unspecified atom stereocenters. The molecule has 2 N–H and O–H groups in total. The van der Waals surface area contributed by atoms with Gasteiger partial charge in [-0.25, -0.2) is 0 Å². The number of carbonyl (C=O) groups excluding carboxylic acids is 1. The third kappa shape index (κ3) is 5.32. The van der Waals surface area contributed by atoms with Gasteiger partial charge in [0.25, 0.3) is 5.91 Å². The van der Waals surface area contributed by atoms with Gasteiger partial charge < -0.3 is 20.3 Å². The SMILES string of the molecule is CCNC(=NCCc1ccc(OCC(=O)NC2CC2)cc1)N1CCc2ccccc21. The summed E-state index contributed by atoms with van der Waals surface area (Å²) < 4.78 is 5.57. The van der Waals surface area contributed by atoms with Crippen molar-refractivity contribution in [3.8, 4) is 5.75 Å². The van der Waals surface area contributed by atoms with Crippen molar-refractivity contribution in [2.24, 2.45) is 4.99 Å². The highest BCUT2D eigenvalue weighted by atomic mass is 16.5. The molecule has 0 radical (unpaired) electrons. The van der Waals surface area contributed by atoms with Crippen molar-refractivity contribution in [1.29, 1.82) is 0 Å². The summed E-state index contributed by atoms with van der Waals surface area (Å²) in [6.45, 7) is 4.69. The lowest BCUT2D eigenvalue weighted by molar-refractivity contribution is -0.123. The minimum Gasteiger partial charge on any atom is -0.484 e. The van der Waals surface area contributed by atoms with Crippen LogP contribution in [-0.4, -0.2) is 44.1 Å². The molecule has 2 aromatic rings. The maximum atomic E-state index is 11.7. The number of anilines is 1. The molecule has 0 saturated heterocycles. The largest absolute Gasteiger partial charge is 0.484 e. The molecule has 6 heteroatoms. The number of aliphatic imine (C=N–C) groups is 1. The summed E-state index contributed by atoms with van der Waals surface area (Å²) in [6.07, 6.45) is 4.08. The van der Waals surface area contributed by atoms with Gasteiger partial charge in [0.15, 0.2) is 12.6 Å². The molecular weight excluding hydrogens is 376 g/mol. The van der Waals surface area contributed by atoms with Crippen LogP contribution in [0.25, 0.3) is 0 Å². The maximum Gasteiger partial charge on any atom is 0.258 e. The Bertz CT molecular complexity index is 890. The Morgan fingerprint density at radius 3 is 2.73 bits per heavy atom. The number of hydrogen-bond acceptors (Lipinski definition) is 3. The third-order valence-corrected chi connectivity index (χ3v) is 5.38. The van der Waals surface area contributed by atoms with Gasteiger partial charge in [-0.2, -0.15) is 0 Å². The van der Waals surface area contributed by atoms with Crippen LogP contribution in [0.2, 0.25) is 0 Å². The highest BCUT2D eigenvalue weighted by Gasteiger charge is 2.23. The van der Waals surface area contributed by atoms with Crippen molar-refractivity contribution in [2.45, 2.75) is 38.6 Å². The number of guanidine groups is 1. The van der Waals surface area contributed by atoms with Gasteiger partial charge in [-0.15, -0.1) is 0 Å². The fraction of sp³-hybridized carbons (Fsp3) is 0.417. The van der Waals surface area contributed by atoms with Crippen LogP contribution in [-0.2, 0) is 17.6 Å². The van der Waals surface area contributed by atoms with E-state index in [1.54, 1.807) is 0 Å². The Labute approximate surface area is 178 Å². The number of para-hydroxylation sites is 1. The molecule has 4 rings (SSSR count). The zero-order valence-electron chi connectivity index (χ0n) is 17.6. The van der Waals surface area contributed by atoms with Gasteiger partial charge in [-0.3, -0.25) is 9.79 Å². The smallest absolute Gasteiger partial charge is 0.258 e. The van der Waals surface area contributed by atoms with Crippen LogP contribution in [0.5, 0.6) is 5.75 Å². The highest BCUT2D eigenvalue weighted by molar-refractivity contribution is 5.97. The number of ether oxygens (including phenoxy) is 1. The first kappa shape index (κ1) is 20.3. The van der Waals surface area contributed by atoms with E-state index in [1.807, 2.05) is 24.3 Å². The van der Waals surface area contributed by atoms with Crippen LogP contribution in [0.4, 0.5) is 5.69 Å². The molecule has 1 aliphatic heterocycles. The number of hydrogen-bond donors (Lipinski definition) is 2. The summed E-state index contributed by atoms with van der Waals surface area (Å²) in [5.74, 6) is 1.62. The van der Waals surface area contributed by atoms with Crippen LogP contribution in [0.3, 0.4) is 0 Å². The first-order valence-electron chi connectivity index (χ1n) is 10.9. The summed E-state index contributed by atoms with van der Waals surface area (Å²) in [5.41, 5.74) is 3.83. The molecule has 1 aliphatic carbocycles. The van der Waals surface area contributed by atoms with E-state index >= 15 is 0 Å². The maximum absolute atomic E-state index is 11.7. The summed E-state index contributed by atoms with van der Waals surface area (Å²) in [5, 5.41) is 6.35. The Hall–Kier alpha value is -3.02. The van der Waals surface area contributed by atoms with Crippen LogP contribution >= 0.6 is 0 Å². The number of rotatable bonds is 8. The first-order valence-corrected chi connectivity index (χ1v) is 10.9. The number of amides is 1. The van der Waals surface area contributed by atoms with Crippen molar-refractivity contribution < 1.29 is 9.53 Å². The van der Waals surface area contributed by atoms with Gasteiger partial charge in [0, 0.05) is 31.4 Å². The number of carbonyl (C=O) groups is 1. The Morgan fingerprint density at radius 2 is 1.97 bits per heavy atom. The number of fused-ring (bicyclic) bond motifs is 1. The Balaban J connectivity index is 1.29. The number of benzene rings is 2. The molecule has 6 nitrogen and oxygen atoms in total. The van der Waals surface area contributed by atoms with E-state index < -0.39 is 0 Å². The van der Waals surface area contributed by atoms with Gasteiger partial charge in [0.05, 0.1) is 0 Å². The minimum absolute atomic E-state index is 0.0460. The van der Waals surface area contributed by atoms with Gasteiger partial charge >= 0.3 is 0 Å². The fourth-order valence-electron chi connectivity index (χ4n) is 3.64. The summed E-state index contributed by atoms with van der Waals surface area (Å²) >= 11 is 0. The van der Waals surface area contributed by atoms with Gasteiger partial charge in [-0.05, 0) is 61.9 Å². The number of nitrogens with one attached hydrogen (secondary N) is 2. The molecule has 30 heavy (non-hydrogen) atoms. The van der Waals surface area contributed by atoms with E-state index in [-0.39, 0.29) is 12.5 Å². The summed E-state index contributed by atoms with van der Waals surface area (Å²) in [6, 6.07) is 16.8. The fourth-order valence-corrected chi connectivity index (χ4v) is 3.64. The molecule has 0 spiro atoms.